The molecular weight excluding hydrogens is 386 g/mol. The first-order valence-corrected chi connectivity index (χ1v) is 9.45. The first-order valence-electron chi connectivity index (χ1n) is 9.45. The maximum atomic E-state index is 12.9. The van der Waals surface area contributed by atoms with Crippen molar-refractivity contribution >= 4 is 16.9 Å². The highest BCUT2D eigenvalue weighted by Crippen LogP contribution is 2.35. The minimum Gasteiger partial charge on any atom is -0.491 e. The highest BCUT2D eigenvalue weighted by molar-refractivity contribution is 6.06. The Balaban J connectivity index is 1.36. The number of benzene rings is 1. The lowest BCUT2D eigenvalue weighted by atomic mass is 10.0. The molecule has 0 unspecified atom stereocenters. The number of carbonyl (C=O) groups is 1. The molecule has 0 aliphatic carbocycles. The molecule has 0 bridgehead atoms. The van der Waals surface area contributed by atoms with Crippen molar-refractivity contribution in [3.05, 3.63) is 59.2 Å². The second-order valence-corrected chi connectivity index (χ2v) is 7.15. The van der Waals surface area contributed by atoms with E-state index in [0.29, 0.717) is 35.3 Å². The number of ether oxygens (including phenoxy) is 2. The molecule has 0 radical (unpaired) electrons. The van der Waals surface area contributed by atoms with E-state index in [1.54, 1.807) is 19.5 Å². The zero-order valence-corrected chi connectivity index (χ0v) is 16.4. The molecule has 4 heterocycles. The van der Waals surface area contributed by atoms with Gasteiger partial charge in [0, 0.05) is 36.0 Å². The summed E-state index contributed by atoms with van der Waals surface area (Å²) in [4.78, 5) is 24.5. The van der Waals surface area contributed by atoms with Crippen molar-refractivity contribution in [1.29, 1.82) is 0 Å². The highest BCUT2D eigenvalue weighted by atomic mass is 16.5. The number of nitrogens with zero attached hydrogens (tertiary/aromatic N) is 3. The number of aromatic amines is 1. The summed E-state index contributed by atoms with van der Waals surface area (Å²) in [5, 5.41) is 7.82. The summed E-state index contributed by atoms with van der Waals surface area (Å²) in [6.07, 6.45) is 3.45. The van der Waals surface area contributed by atoms with Gasteiger partial charge in [0.1, 0.15) is 24.6 Å². The van der Waals surface area contributed by atoms with Crippen LogP contribution in [0.4, 0.5) is 0 Å². The lowest BCUT2D eigenvalue weighted by Crippen LogP contribution is -2.29. The van der Waals surface area contributed by atoms with E-state index in [0.717, 1.165) is 22.1 Å². The Morgan fingerprint density at radius 2 is 2.27 bits per heavy atom. The van der Waals surface area contributed by atoms with E-state index in [2.05, 4.69) is 25.4 Å². The van der Waals surface area contributed by atoms with Crippen LogP contribution in [0.2, 0.25) is 0 Å². The largest absolute Gasteiger partial charge is 0.491 e. The number of pyridine rings is 1. The van der Waals surface area contributed by atoms with E-state index in [9.17, 15) is 4.79 Å². The van der Waals surface area contributed by atoms with Gasteiger partial charge in [0.2, 0.25) is 5.82 Å². The molecule has 9 heteroatoms. The molecule has 1 atom stereocenters. The second kappa shape index (κ2) is 7.27. The average molecular weight is 405 g/mol. The topological polar surface area (TPSA) is 115 Å². The van der Waals surface area contributed by atoms with Crippen LogP contribution in [0.25, 0.3) is 22.4 Å². The van der Waals surface area contributed by atoms with Gasteiger partial charge in [-0.25, -0.2) is 4.98 Å². The van der Waals surface area contributed by atoms with E-state index in [-0.39, 0.29) is 18.6 Å². The van der Waals surface area contributed by atoms with Crippen molar-refractivity contribution in [3.63, 3.8) is 0 Å². The monoisotopic (exact) mass is 405 g/mol. The molecule has 30 heavy (non-hydrogen) atoms. The molecule has 9 nitrogen and oxygen atoms in total. The number of methoxy groups -OCH3 is 1. The number of amides is 1. The van der Waals surface area contributed by atoms with Crippen LogP contribution in [0.15, 0.2) is 41.2 Å². The van der Waals surface area contributed by atoms with E-state index in [4.69, 9.17) is 14.0 Å². The molecule has 1 aliphatic rings. The Bertz CT molecular complexity index is 1250. The number of nitrogens with one attached hydrogen (secondary N) is 2. The number of hydrogen-bond acceptors (Lipinski definition) is 7. The number of aromatic nitrogens is 4. The summed E-state index contributed by atoms with van der Waals surface area (Å²) < 4.78 is 16.0. The average Bonchev–Trinajstić information content (AvgIpc) is 3.46. The molecule has 0 spiro atoms. The predicted molar refractivity (Wildman–Crippen MR) is 107 cm³/mol. The van der Waals surface area contributed by atoms with Crippen LogP contribution < -0.4 is 10.1 Å². The quantitative estimate of drug-likeness (QED) is 0.524. The van der Waals surface area contributed by atoms with E-state index in [1.165, 1.54) is 0 Å². The Morgan fingerprint density at radius 1 is 1.37 bits per heavy atom. The molecule has 5 rings (SSSR count). The van der Waals surface area contributed by atoms with Gasteiger partial charge in [0.05, 0.1) is 11.6 Å². The third-order valence-corrected chi connectivity index (χ3v) is 5.01. The summed E-state index contributed by atoms with van der Waals surface area (Å²) in [5.41, 5.74) is 3.91. The van der Waals surface area contributed by atoms with Crippen LogP contribution in [-0.4, -0.2) is 39.7 Å². The van der Waals surface area contributed by atoms with Crippen LogP contribution in [0, 0.1) is 6.92 Å². The Hall–Kier alpha value is -3.72. The Kier molecular flexibility index (Phi) is 4.44. The standard InChI is InChI=1S/C21H19N5O4/c1-11-5-14-15(8-23-20(14)22-7-11)21(27)24-16-9-29-17-6-12(3-4-13(16)17)19-25-18(10-28-2)30-26-19/h3-8,16H,9-10H2,1-2H3,(H,22,23)(H,24,27)/t16-/m1/s1. The third-order valence-electron chi connectivity index (χ3n) is 5.01. The number of aryl methyl sites for hydroxylation is 1. The summed E-state index contributed by atoms with van der Waals surface area (Å²) in [7, 11) is 1.56. The van der Waals surface area contributed by atoms with Crippen molar-refractivity contribution in [1.82, 2.24) is 25.4 Å². The maximum Gasteiger partial charge on any atom is 0.254 e. The van der Waals surface area contributed by atoms with Crippen molar-refractivity contribution in [2.75, 3.05) is 13.7 Å². The van der Waals surface area contributed by atoms with Gasteiger partial charge < -0.3 is 24.3 Å². The smallest absolute Gasteiger partial charge is 0.254 e. The van der Waals surface area contributed by atoms with Crippen LogP contribution in [-0.2, 0) is 11.3 Å². The first-order chi connectivity index (χ1) is 14.6. The van der Waals surface area contributed by atoms with Crippen LogP contribution in [0.5, 0.6) is 5.75 Å². The Morgan fingerprint density at radius 3 is 3.13 bits per heavy atom. The molecular formula is C21H19N5O4. The van der Waals surface area contributed by atoms with Gasteiger partial charge in [-0.3, -0.25) is 4.79 Å². The van der Waals surface area contributed by atoms with Crippen molar-refractivity contribution in [2.45, 2.75) is 19.6 Å². The van der Waals surface area contributed by atoms with Gasteiger partial charge in [0.25, 0.3) is 11.8 Å². The fourth-order valence-corrected chi connectivity index (χ4v) is 3.55. The maximum absolute atomic E-state index is 12.9. The number of rotatable bonds is 5. The van der Waals surface area contributed by atoms with Crippen molar-refractivity contribution in [3.8, 4) is 17.1 Å². The number of hydrogen-bond donors (Lipinski definition) is 2. The second-order valence-electron chi connectivity index (χ2n) is 7.15. The number of carbonyl (C=O) groups excluding carboxylic acids is 1. The van der Waals surface area contributed by atoms with Gasteiger partial charge >= 0.3 is 0 Å². The van der Waals surface area contributed by atoms with Crippen molar-refractivity contribution in [2.24, 2.45) is 0 Å². The zero-order valence-electron chi connectivity index (χ0n) is 16.4. The summed E-state index contributed by atoms with van der Waals surface area (Å²) in [6.45, 7) is 2.55. The van der Waals surface area contributed by atoms with Crippen LogP contribution in [0.3, 0.4) is 0 Å². The van der Waals surface area contributed by atoms with Gasteiger partial charge in [-0.15, -0.1) is 0 Å². The van der Waals surface area contributed by atoms with Gasteiger partial charge in [-0.1, -0.05) is 17.3 Å². The molecule has 1 amide bonds. The van der Waals surface area contributed by atoms with Crippen LogP contribution >= 0.6 is 0 Å². The fourth-order valence-electron chi connectivity index (χ4n) is 3.55. The number of H-pyrrole nitrogens is 1. The lowest BCUT2D eigenvalue weighted by molar-refractivity contribution is 0.0932. The molecule has 3 aromatic heterocycles. The molecule has 4 aromatic rings. The lowest BCUT2D eigenvalue weighted by Gasteiger charge is -2.11. The normalized spacial score (nSPS) is 15.2. The SMILES string of the molecule is COCc1nc(-c2ccc3c(c2)OC[C@H]3NC(=O)c2c[nH]c3ncc(C)cc23)no1. The number of fused-ring (bicyclic) bond motifs is 2. The van der Waals surface area contributed by atoms with Crippen molar-refractivity contribution < 1.29 is 18.8 Å². The molecule has 1 aliphatic heterocycles. The molecule has 2 N–H and O–H groups in total. The fraction of sp³-hybridized carbons (Fsp3) is 0.238. The zero-order chi connectivity index (χ0) is 20.7. The predicted octanol–water partition coefficient (Wildman–Crippen LogP) is 2.93. The Labute approximate surface area is 171 Å². The minimum atomic E-state index is -0.251. The van der Waals surface area contributed by atoms with E-state index in [1.807, 2.05) is 31.2 Å². The summed E-state index contributed by atoms with van der Waals surface area (Å²) >= 11 is 0. The molecule has 1 aromatic carbocycles. The molecule has 0 saturated heterocycles. The highest BCUT2D eigenvalue weighted by Gasteiger charge is 2.27. The van der Waals surface area contributed by atoms with Gasteiger partial charge in [-0.2, -0.15) is 4.98 Å². The summed E-state index contributed by atoms with van der Waals surface area (Å²) in [6, 6.07) is 7.34. The van der Waals surface area contributed by atoms with E-state index >= 15 is 0 Å². The minimum absolute atomic E-state index is 0.179. The molecule has 152 valence electrons. The third kappa shape index (κ3) is 3.18. The molecule has 0 fully saturated rings. The van der Waals surface area contributed by atoms with Gasteiger partial charge in [-0.05, 0) is 24.6 Å². The van der Waals surface area contributed by atoms with Gasteiger partial charge in [0.15, 0.2) is 0 Å². The van der Waals surface area contributed by atoms with Crippen LogP contribution in [0.1, 0.15) is 33.4 Å². The molecule has 0 saturated carbocycles. The van der Waals surface area contributed by atoms with E-state index < -0.39 is 0 Å². The first kappa shape index (κ1) is 18.3. The summed E-state index contributed by atoms with van der Waals surface area (Å²) in [5.74, 6) is 1.37.